The van der Waals surface area contributed by atoms with Crippen LogP contribution in [-0.2, 0) is 11.3 Å². The summed E-state index contributed by atoms with van der Waals surface area (Å²) < 4.78 is 5.08. The number of phenols is 1. The van der Waals surface area contributed by atoms with Crippen LogP contribution >= 0.6 is 0 Å². The van der Waals surface area contributed by atoms with Crippen molar-refractivity contribution in [2.45, 2.75) is 32.9 Å². The van der Waals surface area contributed by atoms with Crippen LogP contribution in [0.25, 0.3) is 0 Å². The highest BCUT2D eigenvalue weighted by Gasteiger charge is 2.17. The lowest BCUT2D eigenvalue weighted by Gasteiger charge is -2.20. The van der Waals surface area contributed by atoms with Crippen molar-refractivity contribution in [2.24, 2.45) is 5.73 Å². The Balaban J connectivity index is 2.77. The molecular formula is C12H18N2O3. The Morgan fingerprint density at radius 3 is 2.65 bits per heavy atom. The number of hydrogen-bond acceptors (Lipinski definition) is 4. The van der Waals surface area contributed by atoms with Crippen molar-refractivity contribution in [3.05, 3.63) is 23.8 Å². The van der Waals surface area contributed by atoms with Gasteiger partial charge in [-0.25, -0.2) is 4.79 Å². The number of nitrogens with one attached hydrogen (secondary N) is 1. The molecule has 0 saturated heterocycles. The highest BCUT2D eigenvalue weighted by atomic mass is 16.6. The third kappa shape index (κ3) is 4.32. The van der Waals surface area contributed by atoms with Crippen LogP contribution in [0.4, 0.5) is 10.5 Å². The minimum absolute atomic E-state index is 0.0203. The Labute approximate surface area is 101 Å². The van der Waals surface area contributed by atoms with Crippen molar-refractivity contribution >= 4 is 11.8 Å². The van der Waals surface area contributed by atoms with E-state index in [1.54, 1.807) is 32.9 Å². The van der Waals surface area contributed by atoms with Gasteiger partial charge in [0.05, 0.1) is 5.69 Å². The topological polar surface area (TPSA) is 84.6 Å². The maximum Gasteiger partial charge on any atom is 0.412 e. The van der Waals surface area contributed by atoms with Crippen LogP contribution in [0.2, 0.25) is 0 Å². The first-order chi connectivity index (χ1) is 7.81. The predicted octanol–water partition coefficient (Wildman–Crippen LogP) is 2.20. The molecule has 94 valence electrons. The van der Waals surface area contributed by atoms with Gasteiger partial charge >= 0.3 is 6.09 Å². The molecule has 1 aromatic rings. The molecule has 0 spiro atoms. The fourth-order valence-electron chi connectivity index (χ4n) is 1.22. The Morgan fingerprint density at radius 1 is 1.47 bits per heavy atom. The van der Waals surface area contributed by atoms with Crippen molar-refractivity contribution in [3.8, 4) is 5.75 Å². The van der Waals surface area contributed by atoms with Crippen LogP contribution in [0.15, 0.2) is 18.2 Å². The fraction of sp³-hybridized carbons (Fsp3) is 0.417. The van der Waals surface area contributed by atoms with E-state index in [2.05, 4.69) is 5.32 Å². The molecule has 17 heavy (non-hydrogen) atoms. The van der Waals surface area contributed by atoms with Gasteiger partial charge in [-0.15, -0.1) is 0 Å². The standard InChI is InChI=1S/C12H18N2O3/c1-12(2,3)17-11(16)14-9-6-8(7-13)4-5-10(9)15/h4-6,15H,7,13H2,1-3H3,(H,14,16). The van der Waals surface area contributed by atoms with E-state index in [0.717, 1.165) is 5.56 Å². The summed E-state index contributed by atoms with van der Waals surface area (Å²) in [6.45, 7) is 5.64. The number of rotatable bonds is 2. The van der Waals surface area contributed by atoms with E-state index in [1.165, 1.54) is 6.07 Å². The minimum atomic E-state index is -0.609. The lowest BCUT2D eigenvalue weighted by molar-refractivity contribution is 0.0635. The summed E-state index contributed by atoms with van der Waals surface area (Å²) in [5, 5.41) is 12.0. The van der Waals surface area contributed by atoms with Gasteiger partial charge in [0.2, 0.25) is 0 Å². The Bertz CT molecular complexity index is 411. The van der Waals surface area contributed by atoms with E-state index >= 15 is 0 Å². The number of amides is 1. The zero-order chi connectivity index (χ0) is 13.1. The summed E-state index contributed by atoms with van der Waals surface area (Å²) in [4.78, 5) is 11.5. The van der Waals surface area contributed by atoms with Crippen molar-refractivity contribution in [1.29, 1.82) is 0 Å². The number of aromatic hydroxyl groups is 1. The molecule has 0 saturated carbocycles. The molecule has 0 radical (unpaired) electrons. The van der Waals surface area contributed by atoms with Crippen LogP contribution in [0.3, 0.4) is 0 Å². The number of carbonyl (C=O) groups is 1. The van der Waals surface area contributed by atoms with Crippen LogP contribution in [0.5, 0.6) is 5.75 Å². The van der Waals surface area contributed by atoms with E-state index in [4.69, 9.17) is 10.5 Å². The van der Waals surface area contributed by atoms with Crippen LogP contribution < -0.4 is 11.1 Å². The highest BCUT2D eigenvalue weighted by molar-refractivity contribution is 5.87. The second-order valence-electron chi connectivity index (χ2n) is 4.68. The second kappa shape index (κ2) is 5.05. The predicted molar refractivity (Wildman–Crippen MR) is 65.9 cm³/mol. The number of phenolic OH excluding ortho intramolecular Hbond substituents is 1. The molecule has 1 amide bonds. The van der Waals surface area contributed by atoms with E-state index in [0.29, 0.717) is 12.2 Å². The quantitative estimate of drug-likeness (QED) is 0.689. The summed E-state index contributed by atoms with van der Waals surface area (Å²) >= 11 is 0. The van der Waals surface area contributed by atoms with E-state index in [1.807, 2.05) is 0 Å². The van der Waals surface area contributed by atoms with Crippen LogP contribution in [0, 0.1) is 0 Å². The first-order valence-electron chi connectivity index (χ1n) is 5.34. The normalized spacial score (nSPS) is 11.1. The molecule has 5 nitrogen and oxygen atoms in total. The average Bonchev–Trinajstić information content (AvgIpc) is 2.18. The number of hydrogen-bond donors (Lipinski definition) is 3. The minimum Gasteiger partial charge on any atom is -0.506 e. The monoisotopic (exact) mass is 238 g/mol. The van der Waals surface area contributed by atoms with Gasteiger partial charge in [-0.05, 0) is 38.5 Å². The number of nitrogens with two attached hydrogens (primary N) is 1. The van der Waals surface area contributed by atoms with Crippen molar-refractivity contribution in [3.63, 3.8) is 0 Å². The number of benzene rings is 1. The number of ether oxygens (including phenoxy) is 1. The van der Waals surface area contributed by atoms with Gasteiger partial charge in [-0.2, -0.15) is 0 Å². The zero-order valence-corrected chi connectivity index (χ0v) is 10.3. The van der Waals surface area contributed by atoms with Gasteiger partial charge in [0.15, 0.2) is 0 Å². The van der Waals surface area contributed by atoms with E-state index in [9.17, 15) is 9.90 Å². The molecule has 0 aliphatic rings. The molecule has 1 aromatic carbocycles. The molecule has 0 aromatic heterocycles. The van der Waals surface area contributed by atoms with Crippen LogP contribution in [-0.4, -0.2) is 16.8 Å². The van der Waals surface area contributed by atoms with Gasteiger partial charge < -0.3 is 15.6 Å². The lowest BCUT2D eigenvalue weighted by atomic mass is 10.2. The van der Waals surface area contributed by atoms with Crippen LogP contribution in [0.1, 0.15) is 26.3 Å². The SMILES string of the molecule is CC(C)(C)OC(=O)Nc1cc(CN)ccc1O. The van der Waals surface area contributed by atoms with Crippen molar-refractivity contribution in [1.82, 2.24) is 0 Å². The van der Waals surface area contributed by atoms with Gasteiger partial charge in [-0.3, -0.25) is 5.32 Å². The Morgan fingerprint density at radius 2 is 2.12 bits per heavy atom. The summed E-state index contributed by atoms with van der Waals surface area (Å²) in [7, 11) is 0. The van der Waals surface area contributed by atoms with Gasteiger partial charge in [-0.1, -0.05) is 6.07 Å². The lowest BCUT2D eigenvalue weighted by Crippen LogP contribution is -2.27. The van der Waals surface area contributed by atoms with Gasteiger partial charge in [0.1, 0.15) is 11.4 Å². The average molecular weight is 238 g/mol. The molecule has 0 aliphatic carbocycles. The summed E-state index contributed by atoms with van der Waals surface area (Å²) in [5.74, 6) is -0.0203. The fourth-order valence-corrected chi connectivity index (χ4v) is 1.22. The number of carbonyl (C=O) groups excluding carboxylic acids is 1. The van der Waals surface area contributed by atoms with Gasteiger partial charge in [0, 0.05) is 6.54 Å². The smallest absolute Gasteiger partial charge is 0.412 e. The molecule has 1 rings (SSSR count). The molecule has 4 N–H and O–H groups in total. The largest absolute Gasteiger partial charge is 0.506 e. The summed E-state index contributed by atoms with van der Waals surface area (Å²) in [6, 6.07) is 4.78. The first kappa shape index (κ1) is 13.3. The first-order valence-corrected chi connectivity index (χ1v) is 5.34. The molecule has 0 aliphatic heterocycles. The zero-order valence-electron chi connectivity index (χ0n) is 10.3. The van der Waals surface area contributed by atoms with E-state index < -0.39 is 11.7 Å². The number of anilines is 1. The second-order valence-corrected chi connectivity index (χ2v) is 4.68. The molecular weight excluding hydrogens is 220 g/mol. The summed E-state index contributed by atoms with van der Waals surface area (Å²) in [5.41, 5.74) is 6.01. The maximum absolute atomic E-state index is 11.5. The molecule has 5 heteroatoms. The molecule has 0 heterocycles. The highest BCUT2D eigenvalue weighted by Crippen LogP contribution is 2.24. The van der Waals surface area contributed by atoms with Crippen molar-refractivity contribution in [2.75, 3.05) is 5.32 Å². The van der Waals surface area contributed by atoms with Crippen molar-refractivity contribution < 1.29 is 14.6 Å². The van der Waals surface area contributed by atoms with Gasteiger partial charge in [0.25, 0.3) is 0 Å². The molecule has 0 unspecified atom stereocenters. The third-order valence-electron chi connectivity index (χ3n) is 1.93. The Kier molecular flexibility index (Phi) is 3.96. The third-order valence-corrected chi connectivity index (χ3v) is 1.93. The summed E-state index contributed by atoms with van der Waals surface area (Å²) in [6.07, 6.45) is -0.609. The molecule has 0 atom stereocenters. The maximum atomic E-state index is 11.5. The molecule has 0 bridgehead atoms. The van der Waals surface area contributed by atoms with E-state index in [-0.39, 0.29) is 5.75 Å². The Hall–Kier alpha value is -1.75. The molecule has 0 fully saturated rings.